The molecule has 0 aromatic heterocycles. The van der Waals surface area contributed by atoms with Gasteiger partial charge in [0.25, 0.3) is 0 Å². The summed E-state index contributed by atoms with van der Waals surface area (Å²) in [5, 5.41) is 0. The van der Waals surface area contributed by atoms with Crippen LogP contribution in [0.2, 0.25) is 0 Å². The summed E-state index contributed by atoms with van der Waals surface area (Å²) in [5.41, 5.74) is 9.91. The van der Waals surface area contributed by atoms with Crippen molar-refractivity contribution >= 4 is 0 Å². The molecule has 0 bridgehead atoms. The number of allylic oxidation sites excluding steroid dienone is 2. The third-order valence-corrected chi connectivity index (χ3v) is 7.19. The number of aryl methyl sites for hydroxylation is 2. The van der Waals surface area contributed by atoms with E-state index in [4.69, 9.17) is 0 Å². The molecule has 0 nitrogen and oxygen atoms in total. The Morgan fingerprint density at radius 1 is 0.667 bits per heavy atom. The first-order chi connectivity index (χ1) is 22.7. The Hall–Kier alpha value is -2.34. The zero-order valence-corrected chi connectivity index (χ0v) is 36.5. The van der Waals surface area contributed by atoms with Crippen LogP contribution in [0.15, 0.2) is 79.9 Å². The van der Waals surface area contributed by atoms with Crippen molar-refractivity contribution in [2.75, 3.05) is 0 Å². The van der Waals surface area contributed by atoms with E-state index in [9.17, 15) is 0 Å². The van der Waals surface area contributed by atoms with Crippen LogP contribution in [0.1, 0.15) is 177 Å². The van der Waals surface area contributed by atoms with Gasteiger partial charge in [0.1, 0.15) is 0 Å². The Morgan fingerprint density at radius 3 is 1.38 bits per heavy atom. The lowest BCUT2D eigenvalue weighted by molar-refractivity contribution is 0.331. The van der Waals surface area contributed by atoms with E-state index in [1.807, 2.05) is 48.5 Å². The molecular weight excluding hydrogens is 577 g/mol. The van der Waals surface area contributed by atoms with E-state index in [1.165, 1.54) is 79.2 Å². The molecule has 0 saturated heterocycles. The van der Waals surface area contributed by atoms with Gasteiger partial charge in [-0.15, -0.1) is 26.3 Å². The monoisotopic (exact) mass is 667 g/mol. The molecule has 0 aliphatic carbocycles. The zero-order chi connectivity index (χ0) is 39.1. The van der Waals surface area contributed by atoms with Crippen LogP contribution in [0, 0.1) is 31.6 Å². The maximum absolute atomic E-state index is 3.67. The van der Waals surface area contributed by atoms with Crippen molar-refractivity contribution in [3.05, 3.63) is 108 Å². The molecule has 0 fully saturated rings. The predicted molar refractivity (Wildman–Crippen MR) is 232 cm³/mol. The van der Waals surface area contributed by atoms with Gasteiger partial charge in [-0.2, -0.15) is 0 Å². The molecule has 0 amide bonds. The van der Waals surface area contributed by atoms with Gasteiger partial charge in [0.2, 0.25) is 0 Å². The largest absolute Gasteiger partial charge is 0.106 e. The normalized spacial score (nSPS) is 9.02. The summed E-state index contributed by atoms with van der Waals surface area (Å²) in [6.45, 7) is 52.0. The lowest BCUT2D eigenvalue weighted by Crippen LogP contribution is -2.07. The van der Waals surface area contributed by atoms with Gasteiger partial charge >= 0.3 is 0 Å². The Morgan fingerprint density at radius 2 is 1.08 bits per heavy atom. The SMILES string of the molecule is C=C.C=C(C)C.C=C(C)CC.CC.CC.CC(C)Cc1ccccc1.CCCC(CCC)C(C)C.CCCc1ccc(C)c(C)c1CC. The number of hydrogen-bond acceptors (Lipinski definition) is 0. The molecule has 2 aromatic rings. The lowest BCUT2D eigenvalue weighted by atomic mass is 9.88. The molecule has 0 spiro atoms. The predicted octanol–water partition coefficient (Wildman–Crippen LogP) is 17.0. The van der Waals surface area contributed by atoms with Crippen molar-refractivity contribution in [3.8, 4) is 0 Å². The Balaban J connectivity index is -0.000000115. The highest BCUT2D eigenvalue weighted by Crippen LogP contribution is 2.22. The van der Waals surface area contributed by atoms with Gasteiger partial charge in [0.05, 0.1) is 0 Å². The van der Waals surface area contributed by atoms with Crippen LogP contribution in [-0.2, 0) is 19.3 Å². The van der Waals surface area contributed by atoms with Crippen molar-refractivity contribution < 1.29 is 0 Å². The van der Waals surface area contributed by atoms with Gasteiger partial charge < -0.3 is 0 Å². The smallest absolute Gasteiger partial charge is 0.0256 e. The molecular formula is C48H90. The average Bonchev–Trinajstić information content (AvgIpc) is 3.06. The standard InChI is InChI=1S/C13H20.C10H14.C10H22.C5H10.C4H8.2C2H6.C2H4/c1-5-7-12-9-8-10(3)11(4)13(12)6-2;1-9(2)8-10-6-4-3-5-7-10;1-5-7-10(8-6-2)9(3)4;1-4-5(2)3;1-4(2)3;3*1-2/h8-9H,5-7H2,1-4H3;3-7,9H,8H2,1-2H3;9-10H,5-8H2,1-4H3;2,4H2,1,3H3;1H2,2-3H3;2*1-2H3;1-2H2. The summed E-state index contributed by atoms with van der Waals surface area (Å²) in [4.78, 5) is 0. The van der Waals surface area contributed by atoms with E-state index < -0.39 is 0 Å². The molecule has 0 atom stereocenters. The summed E-state index contributed by atoms with van der Waals surface area (Å²) < 4.78 is 0. The second kappa shape index (κ2) is 44.7. The summed E-state index contributed by atoms with van der Waals surface area (Å²) >= 11 is 0. The molecule has 48 heavy (non-hydrogen) atoms. The van der Waals surface area contributed by atoms with Gasteiger partial charge in [-0.25, -0.2) is 0 Å². The van der Waals surface area contributed by atoms with Gasteiger partial charge in [-0.3, -0.25) is 0 Å². The highest BCUT2D eigenvalue weighted by molar-refractivity contribution is 5.39. The topological polar surface area (TPSA) is 0 Å². The Bertz CT molecular complexity index is 903. The summed E-state index contributed by atoms with van der Waals surface area (Å²) in [6, 6.07) is 15.2. The second-order valence-electron chi connectivity index (χ2n) is 12.9. The van der Waals surface area contributed by atoms with Gasteiger partial charge in [0, 0.05) is 0 Å². The molecule has 0 heterocycles. The summed E-state index contributed by atoms with van der Waals surface area (Å²) in [7, 11) is 0. The molecule has 0 saturated carbocycles. The van der Waals surface area contributed by atoms with Crippen LogP contribution in [-0.4, -0.2) is 0 Å². The first-order valence-electron chi connectivity index (χ1n) is 19.6. The average molecular weight is 667 g/mol. The van der Waals surface area contributed by atoms with Crippen LogP contribution in [0.5, 0.6) is 0 Å². The minimum absolute atomic E-state index is 0.766. The van der Waals surface area contributed by atoms with Crippen molar-refractivity contribution in [2.45, 2.75) is 182 Å². The van der Waals surface area contributed by atoms with Gasteiger partial charge in [-0.05, 0) is 106 Å². The molecule has 0 heteroatoms. The first kappa shape index (κ1) is 57.9. The maximum atomic E-state index is 3.67. The molecule has 0 radical (unpaired) electrons. The number of hydrogen-bond donors (Lipinski definition) is 0. The fraction of sp³-hybridized carbons (Fsp3) is 0.625. The number of rotatable bonds is 11. The highest BCUT2D eigenvalue weighted by atomic mass is 14.2. The zero-order valence-electron chi connectivity index (χ0n) is 36.5. The third-order valence-electron chi connectivity index (χ3n) is 7.19. The quantitative estimate of drug-likeness (QED) is 0.209. The highest BCUT2D eigenvalue weighted by Gasteiger charge is 2.10. The van der Waals surface area contributed by atoms with Crippen LogP contribution in [0.3, 0.4) is 0 Å². The maximum Gasteiger partial charge on any atom is -0.0256 e. The van der Waals surface area contributed by atoms with Crippen LogP contribution in [0.4, 0.5) is 0 Å². The fourth-order valence-corrected chi connectivity index (χ4v) is 4.56. The van der Waals surface area contributed by atoms with Crippen LogP contribution < -0.4 is 0 Å². The van der Waals surface area contributed by atoms with E-state index >= 15 is 0 Å². The minimum atomic E-state index is 0.766. The van der Waals surface area contributed by atoms with E-state index in [0.29, 0.717) is 0 Å². The molecule has 2 aromatic carbocycles. The second-order valence-corrected chi connectivity index (χ2v) is 12.9. The minimum Gasteiger partial charge on any atom is -0.106 e. The summed E-state index contributed by atoms with van der Waals surface area (Å²) in [6.07, 6.45) is 11.5. The van der Waals surface area contributed by atoms with Crippen molar-refractivity contribution in [3.63, 3.8) is 0 Å². The van der Waals surface area contributed by atoms with E-state index in [-0.39, 0.29) is 0 Å². The van der Waals surface area contributed by atoms with E-state index in [0.717, 1.165) is 24.2 Å². The van der Waals surface area contributed by atoms with Crippen molar-refractivity contribution in [1.82, 2.24) is 0 Å². The Kier molecular flexibility index (Phi) is 53.9. The van der Waals surface area contributed by atoms with Crippen LogP contribution in [0.25, 0.3) is 0 Å². The molecule has 0 unspecified atom stereocenters. The molecule has 282 valence electrons. The molecule has 0 N–H and O–H groups in total. The van der Waals surface area contributed by atoms with Gasteiger partial charge in [0.15, 0.2) is 0 Å². The number of benzene rings is 2. The molecule has 0 aliphatic heterocycles. The van der Waals surface area contributed by atoms with Gasteiger partial charge in [-0.1, -0.05) is 176 Å². The van der Waals surface area contributed by atoms with E-state index in [2.05, 4.69) is 145 Å². The molecule has 2 rings (SSSR count). The van der Waals surface area contributed by atoms with Crippen LogP contribution >= 0.6 is 0 Å². The van der Waals surface area contributed by atoms with Crippen molar-refractivity contribution in [2.24, 2.45) is 17.8 Å². The van der Waals surface area contributed by atoms with E-state index in [1.54, 1.807) is 11.1 Å². The first-order valence-corrected chi connectivity index (χ1v) is 19.6. The van der Waals surface area contributed by atoms with Crippen molar-refractivity contribution in [1.29, 1.82) is 0 Å². The lowest BCUT2D eigenvalue weighted by Gasteiger charge is -2.18. The third kappa shape index (κ3) is 41.7. The molecule has 0 aliphatic rings. The fourth-order valence-electron chi connectivity index (χ4n) is 4.56. The summed E-state index contributed by atoms with van der Waals surface area (Å²) in [5.74, 6) is 2.64. The Labute approximate surface area is 307 Å².